The molecule has 120 valence electrons. The van der Waals surface area contributed by atoms with Crippen molar-refractivity contribution in [3.8, 4) is 0 Å². The average molecular weight is 422 g/mol. The summed E-state index contributed by atoms with van der Waals surface area (Å²) in [5.74, 6) is 1.73. The molecule has 4 nitrogen and oxygen atoms in total. The van der Waals surface area contributed by atoms with E-state index >= 15 is 0 Å². The second-order valence-electron chi connectivity index (χ2n) is 5.69. The molecule has 0 aromatic carbocycles. The summed E-state index contributed by atoms with van der Waals surface area (Å²) >= 11 is 1.74. The van der Waals surface area contributed by atoms with Crippen LogP contribution in [-0.2, 0) is 6.54 Å². The standard InChI is InChI=1S/C15H26N4S.HI/c1-16-15(19(3)11-14-6-8-20-12-14)17-9-13-5-4-7-18(2)10-13;/h6,8,12-13H,4-5,7,9-11H2,1-3H3,(H,16,17);1H. The molecular formula is C15H27IN4S. The molecule has 1 atom stereocenters. The van der Waals surface area contributed by atoms with E-state index in [1.54, 1.807) is 11.3 Å². The van der Waals surface area contributed by atoms with Crippen molar-refractivity contribution in [1.29, 1.82) is 0 Å². The molecule has 0 bridgehead atoms. The van der Waals surface area contributed by atoms with Gasteiger partial charge in [-0.25, -0.2) is 0 Å². The van der Waals surface area contributed by atoms with Gasteiger partial charge in [0.05, 0.1) is 0 Å². The number of rotatable bonds is 4. The first-order valence-corrected chi connectivity index (χ1v) is 8.24. The molecule has 2 heterocycles. The Morgan fingerprint density at radius 3 is 3.00 bits per heavy atom. The van der Waals surface area contributed by atoms with Gasteiger partial charge in [-0.2, -0.15) is 11.3 Å². The van der Waals surface area contributed by atoms with Gasteiger partial charge in [-0.1, -0.05) is 0 Å². The zero-order valence-electron chi connectivity index (χ0n) is 13.2. The smallest absolute Gasteiger partial charge is 0.193 e. The Hall–Kier alpha value is -0.340. The van der Waals surface area contributed by atoms with Gasteiger partial charge in [0.1, 0.15) is 0 Å². The van der Waals surface area contributed by atoms with Gasteiger partial charge in [0.2, 0.25) is 0 Å². The van der Waals surface area contributed by atoms with Gasteiger partial charge >= 0.3 is 0 Å². The van der Waals surface area contributed by atoms with Crippen LogP contribution in [0.1, 0.15) is 18.4 Å². The number of aliphatic imine (C=N–C) groups is 1. The molecule has 0 radical (unpaired) electrons. The molecule has 0 amide bonds. The van der Waals surface area contributed by atoms with E-state index < -0.39 is 0 Å². The SMILES string of the molecule is CN=C(NCC1CCCN(C)C1)N(C)Cc1ccsc1.I. The van der Waals surface area contributed by atoms with Crippen molar-refractivity contribution >= 4 is 41.3 Å². The van der Waals surface area contributed by atoms with Crippen molar-refractivity contribution in [2.45, 2.75) is 19.4 Å². The molecule has 21 heavy (non-hydrogen) atoms. The number of guanidine groups is 1. The molecule has 1 unspecified atom stereocenters. The number of likely N-dealkylation sites (tertiary alicyclic amines) is 1. The normalized spacial score (nSPS) is 20.0. The van der Waals surface area contributed by atoms with Crippen LogP contribution in [0.15, 0.2) is 21.8 Å². The number of thiophene rings is 1. The Labute approximate surface area is 149 Å². The summed E-state index contributed by atoms with van der Waals surface area (Å²) in [5.41, 5.74) is 1.35. The van der Waals surface area contributed by atoms with E-state index in [-0.39, 0.29) is 24.0 Å². The Morgan fingerprint density at radius 2 is 2.38 bits per heavy atom. The van der Waals surface area contributed by atoms with E-state index in [9.17, 15) is 0 Å². The highest BCUT2D eigenvalue weighted by Gasteiger charge is 2.17. The second kappa shape index (κ2) is 9.63. The largest absolute Gasteiger partial charge is 0.356 e. The maximum absolute atomic E-state index is 4.39. The summed E-state index contributed by atoms with van der Waals surface area (Å²) in [6, 6.07) is 2.17. The number of nitrogens with one attached hydrogen (secondary N) is 1. The number of hydrogen-bond acceptors (Lipinski definition) is 3. The molecular weight excluding hydrogens is 395 g/mol. The fraction of sp³-hybridized carbons (Fsp3) is 0.667. The Kier molecular flexibility index (Phi) is 8.58. The molecule has 0 spiro atoms. The fourth-order valence-electron chi connectivity index (χ4n) is 2.79. The third-order valence-electron chi connectivity index (χ3n) is 3.84. The molecule has 1 aromatic rings. The molecule has 1 fully saturated rings. The summed E-state index contributed by atoms with van der Waals surface area (Å²) in [6.07, 6.45) is 2.63. The molecule has 1 aliphatic rings. The van der Waals surface area contributed by atoms with Crippen molar-refractivity contribution in [3.63, 3.8) is 0 Å². The van der Waals surface area contributed by atoms with Crippen LogP contribution >= 0.6 is 35.3 Å². The summed E-state index contributed by atoms with van der Waals surface area (Å²) in [5, 5.41) is 7.84. The third-order valence-corrected chi connectivity index (χ3v) is 4.58. The van der Waals surface area contributed by atoms with Crippen molar-refractivity contribution in [2.75, 3.05) is 40.8 Å². The van der Waals surface area contributed by atoms with Gasteiger partial charge in [-0.15, -0.1) is 24.0 Å². The molecule has 1 saturated heterocycles. The minimum Gasteiger partial charge on any atom is -0.356 e. The Bertz CT molecular complexity index is 421. The van der Waals surface area contributed by atoms with E-state index in [4.69, 9.17) is 0 Å². The van der Waals surface area contributed by atoms with Crippen molar-refractivity contribution in [2.24, 2.45) is 10.9 Å². The molecule has 1 aromatic heterocycles. The topological polar surface area (TPSA) is 30.9 Å². The molecule has 0 saturated carbocycles. The lowest BCUT2D eigenvalue weighted by Crippen LogP contribution is -2.44. The van der Waals surface area contributed by atoms with Crippen LogP contribution in [0.5, 0.6) is 0 Å². The number of nitrogens with zero attached hydrogens (tertiary/aromatic N) is 3. The van der Waals surface area contributed by atoms with E-state index in [1.807, 2.05) is 7.05 Å². The minimum atomic E-state index is 0. The van der Waals surface area contributed by atoms with Gasteiger partial charge < -0.3 is 15.1 Å². The van der Waals surface area contributed by atoms with Crippen LogP contribution < -0.4 is 5.32 Å². The predicted octanol–water partition coefficient (Wildman–Crippen LogP) is 2.72. The number of piperidine rings is 1. The highest BCUT2D eigenvalue weighted by molar-refractivity contribution is 14.0. The highest BCUT2D eigenvalue weighted by atomic mass is 127. The molecule has 2 rings (SSSR count). The number of hydrogen-bond donors (Lipinski definition) is 1. The molecule has 1 N–H and O–H groups in total. The van der Waals surface area contributed by atoms with E-state index in [0.29, 0.717) is 0 Å². The lowest BCUT2D eigenvalue weighted by molar-refractivity contribution is 0.209. The Balaban J connectivity index is 0.00000220. The van der Waals surface area contributed by atoms with Crippen LogP contribution in [0.3, 0.4) is 0 Å². The predicted molar refractivity (Wildman–Crippen MR) is 103 cm³/mol. The summed E-state index contributed by atoms with van der Waals surface area (Å²) in [7, 11) is 6.17. The van der Waals surface area contributed by atoms with Crippen LogP contribution in [0.4, 0.5) is 0 Å². The van der Waals surface area contributed by atoms with Crippen molar-refractivity contribution in [1.82, 2.24) is 15.1 Å². The molecule has 1 aliphatic heterocycles. The minimum absolute atomic E-state index is 0. The van der Waals surface area contributed by atoms with Crippen molar-refractivity contribution in [3.05, 3.63) is 22.4 Å². The lowest BCUT2D eigenvalue weighted by Gasteiger charge is -2.31. The summed E-state index contributed by atoms with van der Waals surface area (Å²) < 4.78 is 0. The summed E-state index contributed by atoms with van der Waals surface area (Å²) in [6.45, 7) is 4.36. The maximum atomic E-state index is 4.39. The van der Waals surface area contributed by atoms with Crippen LogP contribution in [0, 0.1) is 5.92 Å². The van der Waals surface area contributed by atoms with E-state index in [1.165, 1.54) is 31.5 Å². The van der Waals surface area contributed by atoms with Gasteiger partial charge in [0, 0.05) is 33.7 Å². The first-order chi connectivity index (χ1) is 9.69. The zero-order chi connectivity index (χ0) is 14.4. The highest BCUT2D eigenvalue weighted by Crippen LogP contribution is 2.14. The molecule has 0 aliphatic carbocycles. The van der Waals surface area contributed by atoms with Crippen LogP contribution in [0.2, 0.25) is 0 Å². The first kappa shape index (κ1) is 18.7. The van der Waals surface area contributed by atoms with Gasteiger partial charge in [-0.3, -0.25) is 4.99 Å². The Morgan fingerprint density at radius 1 is 1.57 bits per heavy atom. The van der Waals surface area contributed by atoms with Gasteiger partial charge in [-0.05, 0) is 54.7 Å². The first-order valence-electron chi connectivity index (χ1n) is 7.30. The van der Waals surface area contributed by atoms with Crippen LogP contribution in [0.25, 0.3) is 0 Å². The summed E-state index contributed by atoms with van der Waals surface area (Å²) in [4.78, 5) is 9.01. The fourth-order valence-corrected chi connectivity index (χ4v) is 3.45. The zero-order valence-corrected chi connectivity index (χ0v) is 16.4. The second-order valence-corrected chi connectivity index (χ2v) is 6.47. The van der Waals surface area contributed by atoms with E-state index in [2.05, 4.69) is 51.0 Å². The molecule has 6 heteroatoms. The quantitative estimate of drug-likeness (QED) is 0.460. The van der Waals surface area contributed by atoms with Crippen molar-refractivity contribution < 1.29 is 0 Å². The monoisotopic (exact) mass is 422 g/mol. The lowest BCUT2D eigenvalue weighted by atomic mass is 9.98. The van der Waals surface area contributed by atoms with Gasteiger partial charge in [0.25, 0.3) is 0 Å². The average Bonchev–Trinajstić information content (AvgIpc) is 2.92. The maximum Gasteiger partial charge on any atom is 0.193 e. The van der Waals surface area contributed by atoms with Crippen LogP contribution in [-0.4, -0.2) is 56.5 Å². The third kappa shape index (κ3) is 6.12. The van der Waals surface area contributed by atoms with E-state index in [0.717, 1.165) is 25.0 Å². The number of halogens is 1. The van der Waals surface area contributed by atoms with Gasteiger partial charge in [0.15, 0.2) is 5.96 Å².